The predicted molar refractivity (Wildman–Crippen MR) is 82.2 cm³/mol. The van der Waals surface area contributed by atoms with Crippen LogP contribution in [-0.2, 0) is 4.74 Å². The van der Waals surface area contributed by atoms with Crippen LogP contribution in [0.15, 0.2) is 0 Å². The molecule has 2 N–H and O–H groups in total. The smallest absolute Gasteiger partial charge is 0.270 e. The van der Waals surface area contributed by atoms with Gasteiger partial charge >= 0.3 is 0 Å². The highest BCUT2D eigenvalue weighted by Gasteiger charge is 2.21. The number of anilines is 1. The van der Waals surface area contributed by atoms with E-state index in [9.17, 15) is 5.11 Å². The molecule has 21 heavy (non-hydrogen) atoms. The Hall–Kier alpha value is -0.960. The monoisotopic (exact) mass is 331 g/mol. The molecule has 1 aromatic rings. The average Bonchev–Trinajstić information content (AvgIpc) is 3.08. The molecule has 0 bridgehead atoms. The lowest BCUT2D eigenvalue weighted by Crippen LogP contribution is -2.42. The van der Waals surface area contributed by atoms with E-state index >= 15 is 0 Å². The fraction of sp³-hybridized carbons (Fsp3) is 0.846. The third-order valence-electron chi connectivity index (χ3n) is 2.09. The normalized spacial score (nSPS) is 40.7. The van der Waals surface area contributed by atoms with Gasteiger partial charge in [-0.1, -0.05) is 0 Å². The van der Waals surface area contributed by atoms with E-state index in [1.165, 1.54) is 0 Å². The second-order valence-electron chi connectivity index (χ2n) is 4.09. The maximum atomic E-state index is 10.3. The quantitative estimate of drug-likeness (QED) is 0.786. The largest absolute Gasteiger partial charge is 0.472 e. The van der Waals surface area contributed by atoms with E-state index < -0.39 is 76.3 Å². The summed E-state index contributed by atoms with van der Waals surface area (Å²) in [7, 11) is 0. The van der Waals surface area contributed by atoms with E-state index in [-0.39, 0.29) is 4.90 Å². The van der Waals surface area contributed by atoms with E-state index in [1.807, 2.05) is 0 Å². The molecule has 0 amide bonds. The van der Waals surface area contributed by atoms with Gasteiger partial charge in [0.05, 0.1) is 37.2 Å². The molecule has 1 fully saturated rings. The average molecular weight is 332 g/mol. The molecule has 0 saturated carbocycles. The van der Waals surface area contributed by atoms with Gasteiger partial charge in [-0.25, -0.2) is 0 Å². The lowest BCUT2D eigenvalue weighted by Gasteiger charge is -2.27. The molecule has 8 heteroatoms. The van der Waals surface area contributed by atoms with Crippen molar-refractivity contribution in [3.05, 3.63) is 0 Å². The van der Waals surface area contributed by atoms with Gasteiger partial charge in [0, 0.05) is 33.3 Å². The van der Waals surface area contributed by atoms with Gasteiger partial charge in [0.15, 0.2) is 0 Å². The van der Waals surface area contributed by atoms with E-state index in [0.717, 1.165) is 6.92 Å². The Bertz CT molecular complexity index is 908. The van der Waals surface area contributed by atoms with Crippen molar-refractivity contribution in [1.82, 2.24) is 14.1 Å². The van der Waals surface area contributed by atoms with E-state index in [0.29, 0.717) is 11.7 Å². The van der Waals surface area contributed by atoms with Crippen molar-refractivity contribution >= 4 is 17.5 Å². The number of ether oxygens (including phenoxy) is 2. The summed E-state index contributed by atoms with van der Waals surface area (Å²) in [6, 6.07) is 0. The third kappa shape index (κ3) is 5.39. The molecular formula is C13H24N4O3S. The minimum atomic E-state index is -3.38. The van der Waals surface area contributed by atoms with Crippen molar-refractivity contribution in [3.63, 3.8) is 0 Å². The third-order valence-corrected chi connectivity index (χ3v) is 2.59. The summed E-state index contributed by atoms with van der Waals surface area (Å²) in [4.78, 5) is 0.00388. The van der Waals surface area contributed by atoms with E-state index in [2.05, 4.69) is 18.8 Å². The first-order chi connectivity index (χ1) is 15.7. The number of nitrogens with one attached hydrogen (secondary N) is 1. The van der Waals surface area contributed by atoms with Gasteiger partial charge in [-0.15, -0.1) is 4.37 Å². The zero-order valence-corrected chi connectivity index (χ0v) is 11.7. The van der Waals surface area contributed by atoms with Crippen molar-refractivity contribution in [1.29, 1.82) is 0 Å². The zero-order valence-electron chi connectivity index (χ0n) is 25.9. The second-order valence-corrected chi connectivity index (χ2v) is 4.62. The summed E-state index contributed by atoms with van der Waals surface area (Å²) in [6.07, 6.45) is -2.69. The summed E-state index contributed by atoms with van der Waals surface area (Å²) < 4.78 is 133. The maximum Gasteiger partial charge on any atom is 0.270 e. The highest BCUT2D eigenvalue weighted by atomic mass is 32.1. The Morgan fingerprint density at radius 3 is 3.10 bits per heavy atom. The fourth-order valence-electron chi connectivity index (χ4n) is 1.18. The van der Waals surface area contributed by atoms with Crippen molar-refractivity contribution < 1.29 is 35.1 Å². The first-order valence-electron chi connectivity index (χ1n) is 13.2. The Morgan fingerprint density at radius 2 is 2.38 bits per heavy atom. The van der Waals surface area contributed by atoms with Crippen LogP contribution in [0.1, 0.15) is 41.2 Å². The topological polar surface area (TPSA) is 79.7 Å². The number of aliphatic hydroxyl groups is 1. The molecule has 7 nitrogen and oxygen atoms in total. The van der Waals surface area contributed by atoms with Crippen molar-refractivity contribution in [3.8, 4) is 5.88 Å². The Kier molecular flexibility index (Phi) is 1.96. The predicted octanol–water partition coefficient (Wildman–Crippen LogP) is 0.503. The van der Waals surface area contributed by atoms with Gasteiger partial charge in [-0.3, -0.25) is 0 Å². The Balaban J connectivity index is 2.31. The van der Waals surface area contributed by atoms with Crippen molar-refractivity contribution in [2.24, 2.45) is 0 Å². The molecule has 1 aromatic heterocycles. The molecule has 0 aliphatic carbocycles. The van der Waals surface area contributed by atoms with Crippen LogP contribution in [0.4, 0.5) is 5.82 Å². The molecule has 0 radical (unpaired) electrons. The number of β-amino-alcohol motifs (C(OH)–C–C–N with tert-alkyl or cyclic N) is 1. The molecule has 1 saturated heterocycles. The van der Waals surface area contributed by atoms with Crippen molar-refractivity contribution in [2.75, 3.05) is 44.2 Å². The lowest BCUT2D eigenvalue weighted by molar-refractivity contribution is 0.0975. The first kappa shape index (κ1) is 5.59. The number of hydrogen-bond donors (Lipinski definition) is 2. The molecule has 1 aliphatic rings. The van der Waals surface area contributed by atoms with Crippen LogP contribution < -0.4 is 15.0 Å². The molecule has 2 heterocycles. The van der Waals surface area contributed by atoms with Crippen LogP contribution in [0.2, 0.25) is 0 Å². The van der Waals surface area contributed by atoms with Crippen LogP contribution in [0, 0.1) is 0 Å². The number of morpholine rings is 1. The molecule has 1 aliphatic heterocycles. The summed E-state index contributed by atoms with van der Waals surface area (Å²) in [5.41, 5.74) is -2.51. The fourth-order valence-corrected chi connectivity index (χ4v) is 1.67. The minimum Gasteiger partial charge on any atom is -0.472 e. The first-order valence-corrected chi connectivity index (χ1v) is 6.40. The van der Waals surface area contributed by atoms with Crippen LogP contribution in [0.25, 0.3) is 0 Å². The molecule has 2 rings (SSSR count). The summed E-state index contributed by atoms with van der Waals surface area (Å²) in [6.45, 7) is -20.7. The standard InChI is InChI=1S/C13H24N4O3S/c1-13(2,3)14-8-10(18)9-20-12-11(15-21-16-12)17-4-6-19-7-5-17/h10,14,18H,4-9H2,1-3H3/t10-/m0/s1/i1D3,2D3,4D2,5D2,6D2,7D2,10D. The van der Waals surface area contributed by atoms with E-state index in [1.54, 1.807) is 0 Å². The number of hydrogen-bond acceptors (Lipinski definition) is 8. The maximum absolute atomic E-state index is 10.3. The van der Waals surface area contributed by atoms with Crippen LogP contribution in [0.5, 0.6) is 5.88 Å². The Labute approximate surface area is 150 Å². The molecule has 120 valence electrons. The number of nitrogens with zero attached hydrogens (tertiary/aromatic N) is 3. The van der Waals surface area contributed by atoms with Gasteiger partial charge in [0.1, 0.15) is 12.7 Å². The summed E-state index contributed by atoms with van der Waals surface area (Å²) in [5.74, 6) is -1.51. The molecule has 0 aromatic carbocycles. The van der Waals surface area contributed by atoms with Gasteiger partial charge in [0.25, 0.3) is 5.88 Å². The molecule has 1 atom stereocenters. The number of aromatic nitrogens is 2. The van der Waals surface area contributed by atoms with Gasteiger partial charge in [0.2, 0.25) is 5.82 Å². The van der Waals surface area contributed by atoms with E-state index in [4.69, 9.17) is 25.3 Å². The van der Waals surface area contributed by atoms with Gasteiger partial charge < -0.3 is 24.8 Å². The second kappa shape index (κ2) is 7.35. The van der Waals surface area contributed by atoms with Crippen LogP contribution >= 0.6 is 11.7 Å². The molecular weight excluding hydrogens is 292 g/mol. The SMILES string of the molecule is [2H]C([2H])([2H])C(C)(NC[C@]([2H])(O)COc1nsnc1N1C([2H])([2H])C([2H])([2H])OC([2H])([2H])C1([2H])[2H])C([2H])([2H])[2H]. The zero-order chi connectivity index (χ0) is 28.4. The summed E-state index contributed by atoms with van der Waals surface area (Å²) >= 11 is 0.344. The lowest BCUT2D eigenvalue weighted by atomic mass is 10.1. The highest BCUT2D eigenvalue weighted by Crippen LogP contribution is 2.26. The minimum absolute atomic E-state index is 0.00388. The van der Waals surface area contributed by atoms with Gasteiger partial charge in [-0.05, 0) is 20.6 Å². The number of rotatable bonds is 6. The highest BCUT2D eigenvalue weighted by molar-refractivity contribution is 6.99. The molecule has 0 spiro atoms. The van der Waals surface area contributed by atoms with Crippen molar-refractivity contribution in [2.45, 2.75) is 32.2 Å². The van der Waals surface area contributed by atoms with Crippen LogP contribution in [0.3, 0.4) is 0 Å². The summed E-state index contributed by atoms with van der Waals surface area (Å²) in [5, 5.41) is 12.5. The van der Waals surface area contributed by atoms with Gasteiger partial charge in [-0.2, -0.15) is 4.37 Å². The molecule has 0 unspecified atom stereocenters. The van der Waals surface area contributed by atoms with Crippen LogP contribution in [-0.4, -0.2) is 64.7 Å². The Morgan fingerprint density at radius 1 is 1.62 bits per heavy atom.